The van der Waals surface area contributed by atoms with Crippen molar-refractivity contribution in [3.63, 3.8) is 0 Å². The highest BCUT2D eigenvalue weighted by Crippen LogP contribution is 2.42. The van der Waals surface area contributed by atoms with Crippen LogP contribution in [-0.2, 0) is 4.79 Å². The lowest BCUT2D eigenvalue weighted by Crippen LogP contribution is -2.47. The molecule has 11 heteroatoms. The van der Waals surface area contributed by atoms with Crippen LogP contribution in [0.25, 0.3) is 28.0 Å². The zero-order chi connectivity index (χ0) is 32.5. The van der Waals surface area contributed by atoms with Gasteiger partial charge in [0.15, 0.2) is 0 Å². The van der Waals surface area contributed by atoms with Crippen LogP contribution in [0, 0.1) is 0 Å². The number of halogens is 2. The molecule has 0 aliphatic carbocycles. The van der Waals surface area contributed by atoms with E-state index >= 15 is 0 Å². The predicted molar refractivity (Wildman–Crippen MR) is 193 cm³/mol. The number of piperidine rings is 1. The number of rotatable bonds is 7. The van der Waals surface area contributed by atoms with Crippen molar-refractivity contribution >= 4 is 66.3 Å². The van der Waals surface area contributed by atoms with Crippen LogP contribution in [0.3, 0.4) is 0 Å². The number of fused-ring (bicyclic) bond motifs is 1. The van der Waals surface area contributed by atoms with E-state index in [0.29, 0.717) is 39.0 Å². The summed E-state index contributed by atoms with van der Waals surface area (Å²) in [6.07, 6.45) is 3.52. The standard InChI is InChI=1S/C36H31Br2N5O3S/c37-26-20-28-31(29(38)21-26)39-32(23-10-4-1-5-11-23)42(34(28)45)27-16-14-24(15-17-27)33(44)40-43-35(46)30(22-41-18-8-3-9-19-41)47-36(43)25-12-6-2-7-13-25/h1-2,4-7,10-17,20-21,30,36H,3,8-9,18-19,22H2,(H,40,44). The largest absolute Gasteiger partial charge is 0.302 e. The number of likely N-dealkylation sites (tertiary alicyclic amines) is 1. The van der Waals surface area contributed by atoms with Crippen LogP contribution in [0.5, 0.6) is 0 Å². The van der Waals surface area contributed by atoms with E-state index in [2.05, 4.69) is 42.2 Å². The summed E-state index contributed by atoms with van der Waals surface area (Å²) in [5, 5.41) is 1.33. The summed E-state index contributed by atoms with van der Waals surface area (Å²) in [5.41, 5.74) is 5.90. The molecule has 0 spiro atoms. The van der Waals surface area contributed by atoms with Crippen molar-refractivity contribution < 1.29 is 9.59 Å². The summed E-state index contributed by atoms with van der Waals surface area (Å²) in [6.45, 7) is 2.66. The molecule has 0 radical (unpaired) electrons. The second-order valence-corrected chi connectivity index (χ2v) is 14.7. The van der Waals surface area contributed by atoms with Gasteiger partial charge < -0.3 is 4.90 Å². The van der Waals surface area contributed by atoms with Gasteiger partial charge in [0.1, 0.15) is 16.4 Å². The summed E-state index contributed by atoms with van der Waals surface area (Å²) in [4.78, 5) is 48.7. The molecule has 7 rings (SSSR count). The molecule has 0 saturated carbocycles. The number of hydrogen-bond donors (Lipinski definition) is 1. The fourth-order valence-electron chi connectivity index (χ4n) is 6.17. The average Bonchev–Trinajstić information content (AvgIpc) is 3.40. The first-order valence-electron chi connectivity index (χ1n) is 15.5. The lowest BCUT2D eigenvalue weighted by atomic mass is 10.1. The molecule has 2 unspecified atom stereocenters. The van der Waals surface area contributed by atoms with Crippen LogP contribution in [0.4, 0.5) is 0 Å². The number of benzene rings is 4. The molecule has 47 heavy (non-hydrogen) atoms. The van der Waals surface area contributed by atoms with Gasteiger partial charge >= 0.3 is 0 Å². The molecule has 5 aromatic rings. The van der Waals surface area contributed by atoms with Crippen molar-refractivity contribution in [2.24, 2.45) is 0 Å². The minimum absolute atomic E-state index is 0.0991. The van der Waals surface area contributed by atoms with E-state index in [4.69, 9.17) is 4.98 Å². The van der Waals surface area contributed by atoms with Crippen molar-refractivity contribution in [3.8, 4) is 17.1 Å². The minimum Gasteiger partial charge on any atom is -0.302 e. The highest BCUT2D eigenvalue weighted by molar-refractivity contribution is 9.11. The molecule has 2 aliphatic rings. The van der Waals surface area contributed by atoms with Gasteiger partial charge in [-0.25, -0.2) is 9.99 Å². The molecule has 238 valence electrons. The fraction of sp³-hybridized carbons (Fsp3) is 0.222. The Morgan fingerprint density at radius 2 is 1.55 bits per heavy atom. The number of carbonyl (C=O) groups is 2. The lowest BCUT2D eigenvalue weighted by Gasteiger charge is -2.28. The Morgan fingerprint density at radius 1 is 0.872 bits per heavy atom. The van der Waals surface area contributed by atoms with E-state index in [0.717, 1.165) is 41.5 Å². The molecular formula is C36H31Br2N5O3S. The quantitative estimate of drug-likeness (QED) is 0.186. The molecular weight excluding hydrogens is 742 g/mol. The Balaban J connectivity index is 1.19. The number of thioether (sulfide) groups is 1. The van der Waals surface area contributed by atoms with E-state index in [1.165, 1.54) is 11.4 Å². The Morgan fingerprint density at radius 3 is 2.26 bits per heavy atom. The highest BCUT2D eigenvalue weighted by Gasteiger charge is 2.43. The Bertz CT molecular complexity index is 2000. The number of hydrazine groups is 1. The maximum absolute atomic E-state index is 14.0. The summed E-state index contributed by atoms with van der Waals surface area (Å²) < 4.78 is 3.02. The molecule has 2 atom stereocenters. The van der Waals surface area contributed by atoms with Crippen molar-refractivity contribution in [3.05, 3.63) is 127 Å². The average molecular weight is 774 g/mol. The first-order chi connectivity index (χ1) is 22.9. The highest BCUT2D eigenvalue weighted by atomic mass is 79.9. The van der Waals surface area contributed by atoms with Gasteiger partial charge in [-0.05, 0) is 83.8 Å². The smallest absolute Gasteiger partial charge is 0.269 e. The first-order valence-corrected chi connectivity index (χ1v) is 18.0. The third-order valence-electron chi connectivity index (χ3n) is 8.53. The fourth-order valence-corrected chi connectivity index (χ4v) is 8.92. The van der Waals surface area contributed by atoms with Gasteiger partial charge in [0.05, 0.1) is 16.6 Å². The van der Waals surface area contributed by atoms with Crippen LogP contribution >= 0.6 is 43.6 Å². The maximum atomic E-state index is 14.0. The molecule has 0 bridgehead atoms. The Labute approximate surface area is 293 Å². The third kappa shape index (κ3) is 6.54. The molecule has 3 heterocycles. The van der Waals surface area contributed by atoms with E-state index in [1.54, 1.807) is 46.7 Å². The summed E-state index contributed by atoms with van der Waals surface area (Å²) >= 11 is 8.64. The number of hydrogen-bond acceptors (Lipinski definition) is 6. The van der Waals surface area contributed by atoms with Gasteiger partial charge in [-0.2, -0.15) is 0 Å². The minimum atomic E-state index is -0.398. The monoisotopic (exact) mass is 771 g/mol. The molecule has 4 aromatic carbocycles. The molecule has 2 aliphatic heterocycles. The number of nitrogens with one attached hydrogen (secondary N) is 1. The third-order valence-corrected chi connectivity index (χ3v) is 11.0. The maximum Gasteiger partial charge on any atom is 0.269 e. The topological polar surface area (TPSA) is 87.5 Å². The summed E-state index contributed by atoms with van der Waals surface area (Å²) in [5.74, 6) is -0.0170. The lowest BCUT2D eigenvalue weighted by molar-refractivity contribution is -0.132. The van der Waals surface area contributed by atoms with Gasteiger partial charge in [0.25, 0.3) is 17.4 Å². The molecule has 1 N–H and O–H groups in total. The number of carbonyl (C=O) groups excluding carboxylic acids is 2. The van der Waals surface area contributed by atoms with Crippen LogP contribution < -0.4 is 11.0 Å². The zero-order valence-corrected chi connectivity index (χ0v) is 29.3. The molecule has 2 amide bonds. The number of aromatic nitrogens is 2. The van der Waals surface area contributed by atoms with Crippen LogP contribution in [0.1, 0.15) is 40.6 Å². The van der Waals surface area contributed by atoms with E-state index in [9.17, 15) is 14.4 Å². The van der Waals surface area contributed by atoms with Gasteiger partial charge in [-0.15, -0.1) is 11.8 Å². The Hall–Kier alpha value is -3.77. The zero-order valence-electron chi connectivity index (χ0n) is 25.3. The predicted octanol–water partition coefficient (Wildman–Crippen LogP) is 7.35. The second-order valence-electron chi connectivity index (χ2n) is 11.7. The van der Waals surface area contributed by atoms with E-state index < -0.39 is 5.91 Å². The SMILES string of the molecule is O=C(NN1C(=O)C(CN2CCCCC2)SC1c1ccccc1)c1ccc(-n2c(-c3ccccc3)nc3c(Br)cc(Br)cc3c2=O)cc1. The van der Waals surface area contributed by atoms with Crippen LogP contribution in [0.2, 0.25) is 0 Å². The number of amides is 2. The van der Waals surface area contributed by atoms with Crippen LogP contribution in [0.15, 0.2) is 111 Å². The van der Waals surface area contributed by atoms with Gasteiger partial charge in [-0.1, -0.05) is 83.0 Å². The molecule has 8 nitrogen and oxygen atoms in total. The number of nitrogens with zero attached hydrogens (tertiary/aromatic N) is 4. The van der Waals surface area contributed by atoms with Gasteiger partial charge in [0, 0.05) is 26.6 Å². The first kappa shape index (κ1) is 31.8. The van der Waals surface area contributed by atoms with E-state index in [1.807, 2.05) is 66.7 Å². The molecule has 1 aromatic heterocycles. The second kappa shape index (κ2) is 13.8. The van der Waals surface area contributed by atoms with Gasteiger partial charge in [-0.3, -0.25) is 24.4 Å². The van der Waals surface area contributed by atoms with Crippen LogP contribution in [-0.4, -0.2) is 56.2 Å². The summed E-state index contributed by atoms with van der Waals surface area (Å²) in [7, 11) is 0. The van der Waals surface area contributed by atoms with Crippen molar-refractivity contribution in [2.75, 3.05) is 19.6 Å². The molecule has 2 saturated heterocycles. The van der Waals surface area contributed by atoms with E-state index in [-0.39, 0.29) is 22.1 Å². The van der Waals surface area contributed by atoms with Crippen molar-refractivity contribution in [1.29, 1.82) is 0 Å². The normalized spacial score (nSPS) is 18.5. The Kier molecular flexibility index (Phi) is 9.31. The van der Waals surface area contributed by atoms with Gasteiger partial charge in [0.2, 0.25) is 0 Å². The van der Waals surface area contributed by atoms with Crippen molar-refractivity contribution in [2.45, 2.75) is 29.9 Å². The van der Waals surface area contributed by atoms with Crippen molar-refractivity contribution in [1.82, 2.24) is 24.9 Å². The molecule has 2 fully saturated rings. The summed E-state index contributed by atoms with van der Waals surface area (Å²) in [6, 6.07) is 29.8.